The lowest BCUT2D eigenvalue weighted by Crippen LogP contribution is -2.32. The zero-order valence-electron chi connectivity index (χ0n) is 10.2. The minimum Gasteiger partial charge on any atom is -0.310 e. The Hall–Kier alpha value is -0.470. The van der Waals surface area contributed by atoms with Gasteiger partial charge in [0.2, 0.25) is 0 Å². The van der Waals surface area contributed by atoms with Crippen LogP contribution in [0.2, 0.25) is 0 Å². The van der Waals surface area contributed by atoms with Gasteiger partial charge in [0.05, 0.1) is 0 Å². The molecule has 0 amide bonds. The van der Waals surface area contributed by atoms with E-state index in [1.165, 1.54) is 29.7 Å². The molecule has 1 aliphatic rings. The Morgan fingerprint density at radius 2 is 2.00 bits per heavy atom. The van der Waals surface area contributed by atoms with Crippen molar-refractivity contribution >= 4 is 11.8 Å². The summed E-state index contributed by atoms with van der Waals surface area (Å²) in [5.74, 6) is 0.861. The molecule has 1 aromatic carbocycles. The van der Waals surface area contributed by atoms with E-state index in [-0.39, 0.29) is 0 Å². The fourth-order valence-corrected chi connectivity index (χ4v) is 2.77. The molecule has 0 aliphatic heterocycles. The first-order valence-corrected chi connectivity index (χ1v) is 7.45. The Morgan fingerprint density at radius 3 is 2.44 bits per heavy atom. The van der Waals surface area contributed by atoms with Gasteiger partial charge in [-0.1, -0.05) is 25.5 Å². The third kappa shape index (κ3) is 2.61. The first-order valence-electron chi connectivity index (χ1n) is 6.22. The predicted octanol–water partition coefficient (Wildman–Crippen LogP) is 3.86. The summed E-state index contributed by atoms with van der Waals surface area (Å²) in [5.41, 5.74) is 1.46. The molecule has 1 aromatic rings. The first-order chi connectivity index (χ1) is 7.85. The van der Waals surface area contributed by atoms with E-state index in [9.17, 15) is 0 Å². The highest BCUT2D eigenvalue weighted by Crippen LogP contribution is 2.37. The lowest BCUT2D eigenvalue weighted by Gasteiger charge is -2.34. The fraction of sp³-hybridized carbons (Fsp3) is 0.571. The Balaban J connectivity index is 2.10. The highest BCUT2D eigenvalue weighted by Gasteiger charge is 2.27. The van der Waals surface area contributed by atoms with Crippen molar-refractivity contribution in [1.82, 2.24) is 5.32 Å². The minimum atomic E-state index is 0.578. The quantitative estimate of drug-likeness (QED) is 0.778. The lowest BCUT2D eigenvalue weighted by molar-refractivity contribution is 0.233. The van der Waals surface area contributed by atoms with E-state index in [2.05, 4.69) is 42.8 Å². The van der Waals surface area contributed by atoms with Crippen LogP contribution >= 0.6 is 11.8 Å². The molecule has 1 N–H and O–H groups in total. The summed E-state index contributed by atoms with van der Waals surface area (Å²) >= 11 is 1.81. The second kappa shape index (κ2) is 5.74. The largest absolute Gasteiger partial charge is 0.310 e. The van der Waals surface area contributed by atoms with E-state index in [0.717, 1.165) is 12.5 Å². The normalized spacial score (nSPS) is 18.1. The van der Waals surface area contributed by atoms with Crippen molar-refractivity contribution in [2.75, 3.05) is 12.8 Å². The van der Waals surface area contributed by atoms with Gasteiger partial charge in [0.15, 0.2) is 0 Å². The van der Waals surface area contributed by atoms with Crippen LogP contribution < -0.4 is 5.32 Å². The zero-order valence-corrected chi connectivity index (χ0v) is 11.0. The van der Waals surface area contributed by atoms with Gasteiger partial charge in [-0.25, -0.2) is 0 Å². The van der Waals surface area contributed by atoms with Crippen LogP contribution in [0.1, 0.15) is 37.8 Å². The predicted molar refractivity (Wildman–Crippen MR) is 72.0 cm³/mol. The van der Waals surface area contributed by atoms with E-state index in [0.29, 0.717) is 6.04 Å². The number of benzene rings is 1. The summed E-state index contributed by atoms with van der Waals surface area (Å²) in [6.07, 6.45) is 6.32. The molecule has 0 spiro atoms. The van der Waals surface area contributed by atoms with Gasteiger partial charge >= 0.3 is 0 Å². The van der Waals surface area contributed by atoms with Gasteiger partial charge in [-0.15, -0.1) is 11.8 Å². The van der Waals surface area contributed by atoms with Gasteiger partial charge in [0.25, 0.3) is 0 Å². The van der Waals surface area contributed by atoms with E-state index in [1.54, 1.807) is 0 Å². The molecule has 1 saturated carbocycles. The van der Waals surface area contributed by atoms with Crippen molar-refractivity contribution in [2.45, 2.75) is 37.1 Å². The van der Waals surface area contributed by atoms with E-state index in [1.807, 2.05) is 11.8 Å². The minimum absolute atomic E-state index is 0.578. The molecule has 16 heavy (non-hydrogen) atoms. The Bertz CT molecular complexity index is 316. The Labute approximate surface area is 103 Å². The smallest absolute Gasteiger partial charge is 0.0348 e. The molecule has 0 bridgehead atoms. The van der Waals surface area contributed by atoms with Crippen LogP contribution in [-0.4, -0.2) is 12.8 Å². The molecule has 1 nitrogen and oxygen atoms in total. The van der Waals surface area contributed by atoms with Gasteiger partial charge in [-0.3, -0.25) is 0 Å². The molecule has 0 radical (unpaired) electrons. The number of hydrogen-bond acceptors (Lipinski definition) is 2. The third-order valence-electron chi connectivity index (χ3n) is 3.52. The first kappa shape index (κ1) is 12.0. The molecule has 1 fully saturated rings. The molecular weight excluding hydrogens is 214 g/mol. The summed E-state index contributed by atoms with van der Waals surface area (Å²) in [6.45, 7) is 3.26. The summed E-state index contributed by atoms with van der Waals surface area (Å²) in [5, 5.41) is 3.63. The summed E-state index contributed by atoms with van der Waals surface area (Å²) in [4.78, 5) is 1.35. The van der Waals surface area contributed by atoms with Crippen molar-refractivity contribution in [2.24, 2.45) is 5.92 Å². The number of nitrogens with one attached hydrogen (secondary N) is 1. The van der Waals surface area contributed by atoms with Gasteiger partial charge in [-0.2, -0.15) is 0 Å². The second-order valence-electron chi connectivity index (χ2n) is 4.50. The van der Waals surface area contributed by atoms with Gasteiger partial charge in [-0.05, 0) is 49.3 Å². The molecular formula is C14H21NS. The molecule has 2 rings (SSSR count). The van der Waals surface area contributed by atoms with E-state index < -0.39 is 0 Å². The monoisotopic (exact) mass is 235 g/mol. The maximum absolute atomic E-state index is 3.63. The summed E-state index contributed by atoms with van der Waals surface area (Å²) < 4.78 is 0. The van der Waals surface area contributed by atoms with Crippen LogP contribution in [0.15, 0.2) is 29.2 Å². The zero-order chi connectivity index (χ0) is 11.4. The van der Waals surface area contributed by atoms with Gasteiger partial charge < -0.3 is 5.32 Å². The molecule has 1 atom stereocenters. The maximum Gasteiger partial charge on any atom is 0.0348 e. The summed E-state index contributed by atoms with van der Waals surface area (Å²) in [6, 6.07) is 9.63. The lowest BCUT2D eigenvalue weighted by atomic mass is 9.77. The maximum atomic E-state index is 3.63. The topological polar surface area (TPSA) is 12.0 Å². The van der Waals surface area contributed by atoms with Crippen molar-refractivity contribution in [3.8, 4) is 0 Å². The average Bonchev–Trinajstić information content (AvgIpc) is 2.26. The number of thioether (sulfide) groups is 1. The van der Waals surface area contributed by atoms with E-state index in [4.69, 9.17) is 0 Å². The molecule has 0 saturated heterocycles. The van der Waals surface area contributed by atoms with Crippen LogP contribution in [0, 0.1) is 5.92 Å². The number of rotatable bonds is 5. The van der Waals surface area contributed by atoms with Crippen LogP contribution in [0.25, 0.3) is 0 Å². The Kier molecular flexibility index (Phi) is 4.30. The van der Waals surface area contributed by atoms with Crippen molar-refractivity contribution < 1.29 is 0 Å². The molecule has 2 heteroatoms. The van der Waals surface area contributed by atoms with Crippen LogP contribution in [0.3, 0.4) is 0 Å². The average molecular weight is 235 g/mol. The van der Waals surface area contributed by atoms with Gasteiger partial charge in [0, 0.05) is 10.9 Å². The summed E-state index contributed by atoms with van der Waals surface area (Å²) in [7, 11) is 0. The highest BCUT2D eigenvalue weighted by molar-refractivity contribution is 7.98. The van der Waals surface area contributed by atoms with Crippen LogP contribution in [-0.2, 0) is 0 Å². The van der Waals surface area contributed by atoms with Crippen molar-refractivity contribution in [3.05, 3.63) is 29.8 Å². The standard InChI is InChI=1S/C14H21NS/c1-3-15-14(11-5-4-6-11)12-7-9-13(16-2)10-8-12/h7-11,14-15H,3-6H2,1-2H3. The molecule has 0 aromatic heterocycles. The van der Waals surface area contributed by atoms with Crippen LogP contribution in [0.4, 0.5) is 0 Å². The third-order valence-corrected chi connectivity index (χ3v) is 4.26. The van der Waals surface area contributed by atoms with Crippen molar-refractivity contribution in [3.63, 3.8) is 0 Å². The SMILES string of the molecule is CCNC(c1ccc(SC)cc1)C1CCC1. The van der Waals surface area contributed by atoms with Crippen molar-refractivity contribution in [1.29, 1.82) is 0 Å². The highest BCUT2D eigenvalue weighted by atomic mass is 32.2. The molecule has 88 valence electrons. The fourth-order valence-electron chi connectivity index (χ4n) is 2.36. The Morgan fingerprint density at radius 1 is 1.31 bits per heavy atom. The molecule has 1 unspecified atom stereocenters. The van der Waals surface area contributed by atoms with E-state index >= 15 is 0 Å². The number of hydrogen-bond donors (Lipinski definition) is 1. The second-order valence-corrected chi connectivity index (χ2v) is 5.38. The molecule has 1 aliphatic carbocycles. The molecule has 0 heterocycles. The van der Waals surface area contributed by atoms with Gasteiger partial charge in [0.1, 0.15) is 0 Å². The van der Waals surface area contributed by atoms with Crippen LogP contribution in [0.5, 0.6) is 0 Å².